The summed E-state index contributed by atoms with van der Waals surface area (Å²) in [6, 6.07) is 0. The summed E-state index contributed by atoms with van der Waals surface area (Å²) in [7, 11) is -8.79. The summed E-state index contributed by atoms with van der Waals surface area (Å²) in [5.41, 5.74) is 0. The fourth-order valence-electron chi connectivity index (χ4n) is 0. The number of rotatable bonds is 1. The van der Waals surface area contributed by atoms with Crippen molar-refractivity contribution < 1.29 is 30.8 Å². The maximum absolute atomic E-state index is 9.46. The van der Waals surface area contributed by atoms with Crippen LogP contribution in [0.25, 0.3) is 0 Å². The van der Waals surface area contributed by atoms with Gasteiger partial charge in [-0.25, -0.2) is 4.21 Å². The van der Waals surface area contributed by atoms with Crippen molar-refractivity contribution in [3.8, 4) is 0 Å². The van der Waals surface area contributed by atoms with Gasteiger partial charge in [0.15, 0.2) is 0 Å². The molecule has 0 aromatic rings. The summed E-state index contributed by atoms with van der Waals surface area (Å²) in [4.78, 5) is 1.27. The molecule has 12 heteroatoms. The average molecular weight is 236 g/mol. The molecule has 12 heavy (non-hydrogen) atoms. The van der Waals surface area contributed by atoms with Gasteiger partial charge in [-0.2, -0.15) is 13.2 Å². The monoisotopic (exact) mass is 236 g/mol. The Balaban J connectivity index is -0.000000126. The first-order valence-corrected chi connectivity index (χ1v) is 4.80. The third kappa shape index (κ3) is 70.9. The molecule has 0 atom stereocenters. The first kappa shape index (κ1) is 18.6. The molecule has 0 amide bonds. The molecule has 7 N–H and O–H groups in total. The van der Waals surface area contributed by atoms with Crippen LogP contribution in [-0.2, 0) is 21.1 Å². The molecule has 0 rings (SSSR count). The van der Waals surface area contributed by atoms with Gasteiger partial charge in [0.05, 0.1) is 0 Å². The third-order valence-electron chi connectivity index (χ3n) is 0.168. The number of thiol groups is 1. The van der Waals surface area contributed by atoms with Gasteiger partial charge in [0, 0.05) is 0 Å². The van der Waals surface area contributed by atoms with E-state index in [0.29, 0.717) is 0 Å². The van der Waals surface area contributed by atoms with Crippen LogP contribution in [0.3, 0.4) is 0 Å². The summed E-state index contributed by atoms with van der Waals surface area (Å²) >= 11 is 0. The molecule has 0 bridgehead atoms. The van der Waals surface area contributed by atoms with Crippen LogP contribution in [0.15, 0.2) is 0 Å². The number of hydrogen-bond donors (Lipinski definition) is 7. The second-order valence-corrected chi connectivity index (χ2v) is 3.36. The van der Waals surface area contributed by atoms with Crippen LogP contribution >= 0.6 is 0 Å². The predicted octanol–water partition coefficient (Wildman–Crippen LogP) is -2.97. The fourth-order valence-corrected chi connectivity index (χ4v) is 0. The molecule has 0 radical (unpaired) electrons. The van der Waals surface area contributed by atoms with E-state index in [-0.39, 0.29) is 29.6 Å². The molecule has 0 aliphatic rings. The van der Waals surface area contributed by atoms with Gasteiger partial charge in [0.1, 0.15) is 10.7 Å². The summed E-state index contributed by atoms with van der Waals surface area (Å²) in [6.07, 6.45) is 0. The van der Waals surface area contributed by atoms with Gasteiger partial charge < -0.3 is 0 Å². The molecule has 74 valence electrons. The second-order valence-electron chi connectivity index (χ2n) is 1.12. The number of hydrazine groups is 1. The Kier molecular flexibility index (Phi) is 11.3. The second kappa shape index (κ2) is 7.28. The van der Waals surface area contributed by atoms with Crippen LogP contribution in [-0.4, -0.2) is 60.4 Å². The summed E-state index contributed by atoms with van der Waals surface area (Å²) in [6.45, 7) is 0. The molecule has 0 unspecified atom stereocenters. The Morgan fingerprint density at radius 2 is 1.33 bits per heavy atom. The molecule has 0 saturated carbocycles. The van der Waals surface area contributed by atoms with Crippen molar-refractivity contribution in [2.24, 2.45) is 5.84 Å². The van der Waals surface area contributed by atoms with Crippen LogP contribution in [0, 0.1) is 0 Å². The fraction of sp³-hybridized carbons (Fsp3) is 0. The van der Waals surface area contributed by atoms with Crippen LogP contribution in [0.5, 0.6) is 0 Å². The third-order valence-corrected chi connectivity index (χ3v) is 0.505. The Morgan fingerprint density at radius 3 is 1.33 bits per heavy atom. The molecule has 0 spiro atoms. The van der Waals surface area contributed by atoms with Crippen molar-refractivity contribution in [1.82, 2.24) is 4.83 Å². The Labute approximate surface area is 91.8 Å². The SMILES string of the molecule is NN[SH](=O)(O)O.O=S(=O)(O)O.[NaH]. The van der Waals surface area contributed by atoms with Gasteiger partial charge in [-0.1, -0.05) is 0 Å². The molecule has 0 aromatic carbocycles. The Morgan fingerprint density at radius 1 is 1.25 bits per heavy atom. The molecule has 0 aliphatic heterocycles. The van der Waals surface area contributed by atoms with Crippen molar-refractivity contribution in [2.45, 2.75) is 0 Å². The van der Waals surface area contributed by atoms with Crippen molar-refractivity contribution in [3.63, 3.8) is 0 Å². The van der Waals surface area contributed by atoms with E-state index < -0.39 is 21.1 Å². The topological polar surface area (TPSA) is 170 Å². The molecule has 0 heterocycles. The van der Waals surface area contributed by atoms with E-state index in [1.807, 2.05) is 0 Å². The van der Waals surface area contributed by atoms with Crippen LogP contribution in [0.2, 0.25) is 0 Å². The van der Waals surface area contributed by atoms with Crippen molar-refractivity contribution in [2.75, 3.05) is 0 Å². The van der Waals surface area contributed by atoms with E-state index in [9.17, 15) is 4.21 Å². The summed E-state index contributed by atoms with van der Waals surface area (Å²) in [5.74, 6) is 4.29. The van der Waals surface area contributed by atoms with Gasteiger partial charge in [-0.15, -0.1) is 0 Å². The standard InChI is InChI=1S/H6N2O3S.Na.H2O4S.H/c1-2-6(3,4)5;;1-5(2,3)4;/h6H,1H2,(H3,2,3,4,5);;(H2,1,2,3,4);. The molecule has 0 saturated heterocycles. The van der Waals surface area contributed by atoms with E-state index in [1.165, 1.54) is 4.83 Å². The Hall–Kier alpha value is 0.860. The summed E-state index contributed by atoms with van der Waals surface area (Å²) in [5, 5.41) is 0. The van der Waals surface area contributed by atoms with E-state index in [2.05, 4.69) is 5.84 Å². The van der Waals surface area contributed by atoms with Crippen LogP contribution in [0.1, 0.15) is 0 Å². The van der Waals surface area contributed by atoms with Crippen molar-refractivity contribution in [1.29, 1.82) is 0 Å². The zero-order chi connectivity index (χ0) is 9.71. The van der Waals surface area contributed by atoms with Gasteiger partial charge in [-0.05, 0) is 0 Å². The summed E-state index contributed by atoms with van der Waals surface area (Å²) < 4.78 is 56.4. The maximum atomic E-state index is 9.46. The Bertz CT molecular complexity index is 218. The van der Waals surface area contributed by atoms with Crippen molar-refractivity contribution >= 4 is 50.6 Å². The first-order chi connectivity index (χ1) is 4.56. The normalized spacial score (nSPS) is 12.1. The molecular weight excluding hydrogens is 227 g/mol. The van der Waals surface area contributed by atoms with E-state index in [4.69, 9.17) is 26.6 Å². The minimum absolute atomic E-state index is 0. The number of nitrogens with one attached hydrogen (secondary N) is 1. The molecule has 0 aromatic heterocycles. The van der Waals surface area contributed by atoms with Gasteiger partial charge in [-0.3, -0.25) is 24.1 Å². The zero-order valence-electron chi connectivity index (χ0n) is 4.95. The minimum atomic E-state index is -4.67. The number of hydrogen-bond acceptors (Lipinski definition) is 4. The average Bonchev–Trinajstić information content (AvgIpc) is 1.59. The van der Waals surface area contributed by atoms with E-state index in [0.717, 1.165) is 0 Å². The van der Waals surface area contributed by atoms with Crippen molar-refractivity contribution in [3.05, 3.63) is 0 Å². The zero-order valence-corrected chi connectivity index (χ0v) is 6.66. The van der Waals surface area contributed by atoms with Crippen LogP contribution < -0.4 is 10.7 Å². The first-order valence-electron chi connectivity index (χ1n) is 1.79. The van der Waals surface area contributed by atoms with Gasteiger partial charge in [0.25, 0.3) is 0 Å². The van der Waals surface area contributed by atoms with Crippen LogP contribution in [0.4, 0.5) is 0 Å². The predicted molar refractivity (Wildman–Crippen MR) is 43.4 cm³/mol. The number of nitrogens with two attached hydrogens (primary N) is 1. The molecule has 0 fully saturated rings. The molecule has 0 aliphatic carbocycles. The van der Waals surface area contributed by atoms with Gasteiger partial charge in [0.2, 0.25) is 0 Å². The van der Waals surface area contributed by atoms with E-state index >= 15 is 0 Å². The quantitative estimate of drug-likeness (QED) is 0.0831. The van der Waals surface area contributed by atoms with E-state index in [1.54, 1.807) is 0 Å². The molecular formula is H9N2NaO7S2. The molecule has 9 nitrogen and oxygen atoms in total. The van der Waals surface area contributed by atoms with Gasteiger partial charge >= 0.3 is 40.0 Å².